The van der Waals surface area contributed by atoms with Crippen molar-refractivity contribution in [1.82, 2.24) is 9.78 Å². The predicted molar refractivity (Wildman–Crippen MR) is 109 cm³/mol. The first-order valence-electron chi connectivity index (χ1n) is 8.83. The number of aromatic nitrogens is 2. The van der Waals surface area contributed by atoms with Gasteiger partial charge >= 0.3 is 0 Å². The van der Waals surface area contributed by atoms with E-state index in [0.29, 0.717) is 29.2 Å². The maximum Gasteiger partial charge on any atom is 0.273 e. The van der Waals surface area contributed by atoms with Crippen LogP contribution in [0.3, 0.4) is 0 Å². The van der Waals surface area contributed by atoms with E-state index in [9.17, 15) is 13.2 Å². The Morgan fingerprint density at radius 1 is 1.07 bits per heavy atom. The third kappa shape index (κ3) is 4.23. The van der Waals surface area contributed by atoms with Gasteiger partial charge in [-0.25, -0.2) is 8.42 Å². The number of benzene rings is 2. The van der Waals surface area contributed by atoms with Crippen molar-refractivity contribution in [2.75, 3.05) is 10.0 Å². The maximum atomic E-state index is 12.8. The highest BCUT2D eigenvalue weighted by atomic mass is 32.2. The minimum Gasteiger partial charge on any atom is -0.321 e. The largest absolute Gasteiger partial charge is 0.321 e. The minimum absolute atomic E-state index is 0.230. The molecule has 2 aromatic carbocycles. The maximum absolute atomic E-state index is 12.8. The van der Waals surface area contributed by atoms with Crippen LogP contribution in [-0.4, -0.2) is 24.1 Å². The van der Waals surface area contributed by atoms with Gasteiger partial charge in [0.25, 0.3) is 15.9 Å². The van der Waals surface area contributed by atoms with E-state index in [-0.39, 0.29) is 10.8 Å². The van der Waals surface area contributed by atoms with Gasteiger partial charge in [-0.2, -0.15) is 5.10 Å². The fourth-order valence-corrected chi connectivity index (χ4v) is 4.22. The Kier molecular flexibility index (Phi) is 5.51. The summed E-state index contributed by atoms with van der Waals surface area (Å²) < 4.78 is 29.7. The van der Waals surface area contributed by atoms with Gasteiger partial charge in [-0.1, -0.05) is 18.2 Å². The van der Waals surface area contributed by atoms with E-state index in [0.717, 1.165) is 5.56 Å². The molecule has 2 N–H and O–H groups in total. The molecule has 0 aliphatic carbocycles. The quantitative estimate of drug-likeness (QED) is 0.664. The highest BCUT2D eigenvalue weighted by Crippen LogP contribution is 2.22. The number of amides is 1. The highest BCUT2D eigenvalue weighted by molar-refractivity contribution is 7.92. The second-order valence-corrected chi connectivity index (χ2v) is 8.09. The monoisotopic (exact) mass is 398 g/mol. The number of carbonyl (C=O) groups excluding carboxylic acids is 1. The summed E-state index contributed by atoms with van der Waals surface area (Å²) in [5, 5.41) is 6.85. The van der Waals surface area contributed by atoms with E-state index < -0.39 is 10.0 Å². The zero-order chi connectivity index (χ0) is 20.3. The Labute approximate surface area is 164 Å². The molecule has 8 heteroatoms. The summed E-state index contributed by atoms with van der Waals surface area (Å²) in [7, 11) is -3.74. The van der Waals surface area contributed by atoms with Crippen LogP contribution in [0.25, 0.3) is 0 Å². The lowest BCUT2D eigenvalue weighted by molar-refractivity contribution is 0.101. The smallest absolute Gasteiger partial charge is 0.273 e. The van der Waals surface area contributed by atoms with Crippen LogP contribution in [0.1, 0.15) is 28.5 Å². The molecule has 0 fully saturated rings. The normalized spacial score (nSPS) is 11.2. The molecule has 0 radical (unpaired) electrons. The van der Waals surface area contributed by atoms with Crippen molar-refractivity contribution >= 4 is 27.3 Å². The Balaban J connectivity index is 1.81. The van der Waals surface area contributed by atoms with Gasteiger partial charge in [0.1, 0.15) is 5.69 Å². The van der Waals surface area contributed by atoms with Gasteiger partial charge in [0.15, 0.2) is 0 Å². The molecule has 0 aliphatic rings. The minimum atomic E-state index is -3.74. The lowest BCUT2D eigenvalue weighted by atomic mass is 10.2. The van der Waals surface area contributed by atoms with Crippen molar-refractivity contribution in [3.05, 3.63) is 71.5 Å². The predicted octanol–water partition coefficient (Wildman–Crippen LogP) is 3.57. The van der Waals surface area contributed by atoms with Crippen molar-refractivity contribution in [1.29, 1.82) is 0 Å². The molecule has 0 unspecified atom stereocenters. The third-order valence-corrected chi connectivity index (χ3v) is 5.78. The number of anilines is 2. The van der Waals surface area contributed by atoms with Gasteiger partial charge in [-0.3, -0.25) is 14.2 Å². The number of nitrogens with one attached hydrogen (secondary N) is 2. The standard InChI is InChI=1S/C20H22N4O3S/c1-4-24-18(10-11-21-24)20(25)22-16-6-5-7-17(13-16)23-28(26,27)19-12-14(2)8-9-15(19)3/h5-13,23H,4H2,1-3H3,(H,22,25). The van der Waals surface area contributed by atoms with E-state index in [1.165, 1.54) is 0 Å². The Morgan fingerprint density at radius 3 is 2.57 bits per heavy atom. The molecule has 1 amide bonds. The van der Waals surface area contributed by atoms with Gasteiger partial charge in [-0.15, -0.1) is 0 Å². The molecule has 28 heavy (non-hydrogen) atoms. The molecule has 0 saturated heterocycles. The van der Waals surface area contributed by atoms with Crippen LogP contribution in [-0.2, 0) is 16.6 Å². The van der Waals surface area contributed by atoms with E-state index in [4.69, 9.17) is 0 Å². The van der Waals surface area contributed by atoms with Crippen LogP contribution in [0.2, 0.25) is 0 Å². The van der Waals surface area contributed by atoms with Crippen molar-refractivity contribution in [2.24, 2.45) is 0 Å². The average molecular weight is 398 g/mol. The van der Waals surface area contributed by atoms with E-state index >= 15 is 0 Å². The molecule has 7 nitrogen and oxygen atoms in total. The second kappa shape index (κ2) is 7.85. The molecule has 0 aliphatic heterocycles. The summed E-state index contributed by atoms with van der Waals surface area (Å²) in [4.78, 5) is 12.7. The number of hydrogen-bond donors (Lipinski definition) is 2. The zero-order valence-electron chi connectivity index (χ0n) is 15.9. The summed E-state index contributed by atoms with van der Waals surface area (Å²) in [6.45, 7) is 6.06. The lowest BCUT2D eigenvalue weighted by Gasteiger charge is -2.12. The highest BCUT2D eigenvalue weighted by Gasteiger charge is 2.18. The number of hydrogen-bond acceptors (Lipinski definition) is 4. The SMILES string of the molecule is CCn1nccc1C(=O)Nc1cccc(NS(=O)(=O)c2cc(C)ccc2C)c1. The van der Waals surface area contributed by atoms with Crippen molar-refractivity contribution in [3.8, 4) is 0 Å². The fraction of sp³-hybridized carbons (Fsp3) is 0.200. The van der Waals surface area contributed by atoms with Gasteiger partial charge in [-0.05, 0) is 62.2 Å². The summed E-state index contributed by atoms with van der Waals surface area (Å²) in [6.07, 6.45) is 1.56. The first-order chi connectivity index (χ1) is 13.3. The molecule has 1 heterocycles. The van der Waals surface area contributed by atoms with Crippen LogP contribution in [0, 0.1) is 13.8 Å². The molecule has 3 rings (SSSR count). The molecule has 146 valence electrons. The van der Waals surface area contributed by atoms with E-state index in [1.54, 1.807) is 60.3 Å². The average Bonchev–Trinajstić information content (AvgIpc) is 3.12. The Hall–Kier alpha value is -3.13. The van der Waals surface area contributed by atoms with Gasteiger partial charge < -0.3 is 5.32 Å². The summed E-state index contributed by atoms with van der Waals surface area (Å²) >= 11 is 0. The second-order valence-electron chi connectivity index (χ2n) is 6.44. The molecule has 0 atom stereocenters. The molecule has 1 aromatic heterocycles. The number of aryl methyl sites for hydroxylation is 3. The molecular weight excluding hydrogens is 376 g/mol. The molecular formula is C20H22N4O3S. The van der Waals surface area contributed by atoms with Crippen LogP contribution in [0.4, 0.5) is 11.4 Å². The Morgan fingerprint density at radius 2 is 1.82 bits per heavy atom. The number of carbonyl (C=O) groups is 1. The van der Waals surface area contributed by atoms with E-state index in [2.05, 4.69) is 15.1 Å². The topological polar surface area (TPSA) is 93.1 Å². The third-order valence-electron chi connectivity index (χ3n) is 4.25. The van der Waals surface area contributed by atoms with Crippen molar-refractivity contribution in [2.45, 2.75) is 32.2 Å². The first-order valence-corrected chi connectivity index (χ1v) is 10.3. The fourth-order valence-electron chi connectivity index (χ4n) is 2.84. The first kappa shape index (κ1) is 19.6. The summed E-state index contributed by atoms with van der Waals surface area (Å²) in [5.74, 6) is -0.311. The van der Waals surface area contributed by atoms with Crippen LogP contribution >= 0.6 is 0 Å². The summed E-state index contributed by atoms with van der Waals surface area (Å²) in [5.41, 5.74) is 2.80. The van der Waals surface area contributed by atoms with Crippen molar-refractivity contribution < 1.29 is 13.2 Å². The Bertz CT molecular complexity index is 1120. The van der Waals surface area contributed by atoms with Gasteiger partial charge in [0.2, 0.25) is 0 Å². The molecule has 0 spiro atoms. The van der Waals surface area contributed by atoms with Gasteiger partial charge in [0, 0.05) is 18.4 Å². The van der Waals surface area contributed by atoms with Crippen LogP contribution in [0.5, 0.6) is 0 Å². The van der Waals surface area contributed by atoms with Crippen molar-refractivity contribution in [3.63, 3.8) is 0 Å². The van der Waals surface area contributed by atoms with Gasteiger partial charge in [0.05, 0.1) is 10.6 Å². The zero-order valence-corrected chi connectivity index (χ0v) is 16.7. The van der Waals surface area contributed by atoms with Crippen LogP contribution < -0.4 is 10.0 Å². The number of sulfonamides is 1. The van der Waals surface area contributed by atoms with E-state index in [1.807, 2.05) is 19.9 Å². The number of nitrogens with zero attached hydrogens (tertiary/aromatic N) is 2. The molecule has 0 saturated carbocycles. The molecule has 3 aromatic rings. The number of rotatable bonds is 6. The molecule has 0 bridgehead atoms. The lowest BCUT2D eigenvalue weighted by Crippen LogP contribution is -2.18. The summed E-state index contributed by atoms with van der Waals surface area (Å²) in [6, 6.07) is 13.5. The van der Waals surface area contributed by atoms with Crippen LogP contribution in [0.15, 0.2) is 59.6 Å².